The Balaban J connectivity index is 1.77. The van der Waals surface area contributed by atoms with E-state index in [1.807, 2.05) is 6.07 Å². The van der Waals surface area contributed by atoms with Crippen molar-refractivity contribution in [3.05, 3.63) is 23.9 Å². The van der Waals surface area contributed by atoms with Gasteiger partial charge in [-0.1, -0.05) is 6.07 Å². The van der Waals surface area contributed by atoms with E-state index in [-0.39, 0.29) is 5.91 Å². The van der Waals surface area contributed by atoms with E-state index < -0.39 is 6.61 Å². The lowest BCUT2D eigenvalue weighted by Crippen LogP contribution is -2.25. The molecular weight excluding hydrogens is 220 g/mol. The van der Waals surface area contributed by atoms with Crippen LogP contribution in [-0.2, 0) is 11.3 Å². The highest BCUT2D eigenvalue weighted by molar-refractivity contribution is 5.76. The number of aromatic nitrogens is 1. The maximum Gasteiger partial charge on any atom is 0.245 e. The SMILES string of the molecule is O=C(CO)NCc1ccc(OCC2CC2)nc1. The van der Waals surface area contributed by atoms with Crippen LogP contribution in [0, 0.1) is 5.92 Å². The van der Waals surface area contributed by atoms with Gasteiger partial charge in [0, 0.05) is 18.8 Å². The quantitative estimate of drug-likeness (QED) is 0.753. The summed E-state index contributed by atoms with van der Waals surface area (Å²) in [5, 5.41) is 11.1. The molecule has 1 fully saturated rings. The molecular formula is C12H16N2O3. The second-order valence-electron chi connectivity index (χ2n) is 4.19. The van der Waals surface area contributed by atoms with Crippen LogP contribution in [0.5, 0.6) is 5.88 Å². The highest BCUT2D eigenvalue weighted by Gasteiger charge is 2.21. The van der Waals surface area contributed by atoms with Crippen molar-refractivity contribution in [1.82, 2.24) is 10.3 Å². The Kier molecular flexibility index (Phi) is 3.93. The van der Waals surface area contributed by atoms with Gasteiger partial charge in [-0.25, -0.2) is 4.98 Å². The third-order valence-electron chi connectivity index (χ3n) is 2.59. The number of amides is 1. The molecule has 1 saturated carbocycles. The second-order valence-corrected chi connectivity index (χ2v) is 4.19. The van der Waals surface area contributed by atoms with E-state index in [4.69, 9.17) is 9.84 Å². The van der Waals surface area contributed by atoms with E-state index in [9.17, 15) is 4.79 Å². The molecule has 0 saturated heterocycles. The Morgan fingerprint density at radius 3 is 2.94 bits per heavy atom. The van der Waals surface area contributed by atoms with Crippen molar-refractivity contribution < 1.29 is 14.6 Å². The van der Waals surface area contributed by atoms with Crippen LogP contribution in [0.25, 0.3) is 0 Å². The number of aliphatic hydroxyl groups is 1. The maximum absolute atomic E-state index is 10.8. The van der Waals surface area contributed by atoms with Crippen LogP contribution in [0.3, 0.4) is 0 Å². The lowest BCUT2D eigenvalue weighted by molar-refractivity contribution is -0.123. The Morgan fingerprint density at radius 2 is 2.35 bits per heavy atom. The van der Waals surface area contributed by atoms with Gasteiger partial charge in [0.2, 0.25) is 11.8 Å². The first-order valence-corrected chi connectivity index (χ1v) is 5.73. The molecule has 1 heterocycles. The van der Waals surface area contributed by atoms with E-state index in [0.29, 0.717) is 18.3 Å². The van der Waals surface area contributed by atoms with Crippen LogP contribution in [0.2, 0.25) is 0 Å². The van der Waals surface area contributed by atoms with Gasteiger partial charge in [0.1, 0.15) is 6.61 Å². The Labute approximate surface area is 99.8 Å². The summed E-state index contributed by atoms with van der Waals surface area (Å²) in [5.74, 6) is 0.938. The average molecular weight is 236 g/mol. The molecule has 0 aromatic carbocycles. The molecule has 0 aliphatic heterocycles. The fourth-order valence-corrected chi connectivity index (χ4v) is 1.35. The van der Waals surface area contributed by atoms with Crippen LogP contribution in [-0.4, -0.2) is 29.2 Å². The molecule has 17 heavy (non-hydrogen) atoms. The highest BCUT2D eigenvalue weighted by atomic mass is 16.5. The van der Waals surface area contributed by atoms with Crippen molar-refractivity contribution in [2.45, 2.75) is 19.4 Å². The van der Waals surface area contributed by atoms with Gasteiger partial charge in [0.05, 0.1) is 6.61 Å². The molecule has 2 rings (SSSR count). The molecule has 1 aromatic heterocycles. The van der Waals surface area contributed by atoms with E-state index in [1.165, 1.54) is 12.8 Å². The summed E-state index contributed by atoms with van der Waals surface area (Å²) < 4.78 is 5.49. The van der Waals surface area contributed by atoms with Crippen molar-refractivity contribution >= 4 is 5.91 Å². The first-order chi connectivity index (χ1) is 8.28. The summed E-state index contributed by atoms with van der Waals surface area (Å²) in [7, 11) is 0. The molecule has 0 spiro atoms. The molecule has 0 bridgehead atoms. The highest BCUT2D eigenvalue weighted by Crippen LogP contribution is 2.29. The zero-order chi connectivity index (χ0) is 12.1. The number of ether oxygens (including phenoxy) is 1. The van der Waals surface area contributed by atoms with Gasteiger partial charge in [-0.05, 0) is 24.3 Å². The number of carbonyl (C=O) groups is 1. The minimum atomic E-state index is -0.490. The van der Waals surface area contributed by atoms with Crippen molar-refractivity contribution in [2.24, 2.45) is 5.92 Å². The Bertz CT molecular complexity index is 374. The van der Waals surface area contributed by atoms with Crippen molar-refractivity contribution in [3.8, 4) is 5.88 Å². The summed E-state index contributed by atoms with van der Waals surface area (Å²) in [6.45, 7) is 0.624. The molecule has 5 nitrogen and oxygen atoms in total. The Morgan fingerprint density at radius 1 is 1.53 bits per heavy atom. The third-order valence-corrected chi connectivity index (χ3v) is 2.59. The van der Waals surface area contributed by atoms with Gasteiger partial charge in [0.25, 0.3) is 0 Å². The number of carbonyl (C=O) groups excluding carboxylic acids is 1. The molecule has 0 radical (unpaired) electrons. The lowest BCUT2D eigenvalue weighted by atomic mass is 10.3. The minimum Gasteiger partial charge on any atom is -0.477 e. The summed E-state index contributed by atoms with van der Waals surface area (Å²) in [6, 6.07) is 3.65. The second kappa shape index (κ2) is 5.63. The standard InChI is InChI=1S/C12H16N2O3/c15-7-11(16)13-5-10-3-4-12(14-6-10)17-8-9-1-2-9/h3-4,6,9,15H,1-2,5,7-8H2,(H,13,16). The molecule has 1 amide bonds. The fourth-order valence-electron chi connectivity index (χ4n) is 1.35. The fraction of sp³-hybridized carbons (Fsp3) is 0.500. The molecule has 92 valence electrons. The van der Waals surface area contributed by atoms with Gasteiger partial charge in [-0.2, -0.15) is 0 Å². The minimum absolute atomic E-state index is 0.370. The first kappa shape index (κ1) is 11.9. The van der Waals surface area contributed by atoms with E-state index >= 15 is 0 Å². The van der Waals surface area contributed by atoms with Crippen molar-refractivity contribution in [2.75, 3.05) is 13.2 Å². The number of nitrogens with one attached hydrogen (secondary N) is 1. The van der Waals surface area contributed by atoms with Crippen LogP contribution in [0.4, 0.5) is 0 Å². The number of rotatable bonds is 6. The number of aliphatic hydroxyl groups excluding tert-OH is 1. The normalized spacial score (nSPS) is 14.4. The van der Waals surface area contributed by atoms with Crippen LogP contribution >= 0.6 is 0 Å². The van der Waals surface area contributed by atoms with E-state index in [1.54, 1.807) is 12.3 Å². The van der Waals surface area contributed by atoms with Gasteiger partial charge in [0.15, 0.2) is 0 Å². The van der Waals surface area contributed by atoms with Gasteiger partial charge >= 0.3 is 0 Å². The molecule has 0 atom stereocenters. The smallest absolute Gasteiger partial charge is 0.245 e. The molecule has 1 aliphatic rings. The van der Waals surface area contributed by atoms with E-state index in [2.05, 4.69) is 10.3 Å². The largest absolute Gasteiger partial charge is 0.477 e. The molecule has 2 N–H and O–H groups in total. The molecule has 5 heteroatoms. The predicted molar refractivity (Wildman–Crippen MR) is 61.4 cm³/mol. The molecule has 0 unspecified atom stereocenters. The average Bonchev–Trinajstić information content (AvgIpc) is 3.18. The van der Waals surface area contributed by atoms with Crippen LogP contribution in [0.15, 0.2) is 18.3 Å². The topological polar surface area (TPSA) is 71.5 Å². The van der Waals surface area contributed by atoms with Gasteiger partial charge in [-0.15, -0.1) is 0 Å². The van der Waals surface area contributed by atoms with Crippen molar-refractivity contribution in [3.63, 3.8) is 0 Å². The Hall–Kier alpha value is -1.62. The van der Waals surface area contributed by atoms with Crippen molar-refractivity contribution in [1.29, 1.82) is 0 Å². The summed E-state index contributed by atoms with van der Waals surface area (Å²) in [5.41, 5.74) is 0.880. The van der Waals surface area contributed by atoms with Crippen LogP contribution < -0.4 is 10.1 Å². The zero-order valence-electron chi connectivity index (χ0n) is 9.56. The summed E-state index contributed by atoms with van der Waals surface area (Å²) in [4.78, 5) is 15.0. The predicted octanol–water partition coefficient (Wildman–Crippen LogP) is 0.479. The maximum atomic E-state index is 10.8. The van der Waals surface area contributed by atoms with E-state index in [0.717, 1.165) is 12.2 Å². The summed E-state index contributed by atoms with van der Waals surface area (Å²) in [6.07, 6.45) is 4.18. The number of nitrogens with zero attached hydrogens (tertiary/aromatic N) is 1. The monoisotopic (exact) mass is 236 g/mol. The molecule has 1 aromatic rings. The van der Waals surface area contributed by atoms with Gasteiger partial charge in [-0.3, -0.25) is 4.79 Å². The van der Waals surface area contributed by atoms with Gasteiger partial charge < -0.3 is 15.2 Å². The van der Waals surface area contributed by atoms with Crippen LogP contribution in [0.1, 0.15) is 18.4 Å². The summed E-state index contributed by atoms with van der Waals surface area (Å²) >= 11 is 0. The number of hydrogen-bond donors (Lipinski definition) is 2. The zero-order valence-corrected chi connectivity index (χ0v) is 9.56. The number of hydrogen-bond acceptors (Lipinski definition) is 4. The molecule has 1 aliphatic carbocycles. The third kappa shape index (κ3) is 4.03. The lowest BCUT2D eigenvalue weighted by Gasteiger charge is -2.06. The number of pyridine rings is 1. The first-order valence-electron chi connectivity index (χ1n) is 5.73.